The summed E-state index contributed by atoms with van der Waals surface area (Å²) in [4.78, 5) is 39.5. The molecular weight excluding hydrogens is 368 g/mol. The number of carbonyl (C=O) groups excluding carboxylic acids is 3. The first-order chi connectivity index (χ1) is 13.8. The summed E-state index contributed by atoms with van der Waals surface area (Å²) in [6.45, 7) is 4.75. The van der Waals surface area contributed by atoms with Crippen molar-refractivity contribution in [2.45, 2.75) is 26.9 Å². The molecule has 2 rings (SSSR count). The van der Waals surface area contributed by atoms with Crippen LogP contribution in [-0.4, -0.2) is 43.3 Å². The zero-order valence-corrected chi connectivity index (χ0v) is 17.4. The van der Waals surface area contributed by atoms with E-state index >= 15 is 0 Å². The van der Waals surface area contributed by atoms with E-state index in [9.17, 15) is 14.4 Å². The van der Waals surface area contributed by atoms with Gasteiger partial charge in [0.05, 0.1) is 0 Å². The fourth-order valence-corrected chi connectivity index (χ4v) is 2.78. The number of carbonyl (C=O) groups is 3. The van der Waals surface area contributed by atoms with Crippen LogP contribution >= 0.6 is 0 Å². The average Bonchev–Trinajstić information content (AvgIpc) is 2.70. The Morgan fingerprint density at radius 2 is 1.62 bits per heavy atom. The predicted octanol–water partition coefficient (Wildman–Crippen LogP) is 2.38. The van der Waals surface area contributed by atoms with E-state index in [1.54, 1.807) is 23.1 Å². The molecule has 0 saturated heterocycles. The number of nitrogens with zero attached hydrogens (tertiary/aromatic N) is 2. The van der Waals surface area contributed by atoms with Crippen LogP contribution in [0.15, 0.2) is 48.5 Å². The fraction of sp³-hybridized carbons (Fsp3) is 0.318. The van der Waals surface area contributed by atoms with Gasteiger partial charge in [0.1, 0.15) is 0 Å². The van der Waals surface area contributed by atoms with Crippen LogP contribution in [0, 0.1) is 0 Å². The van der Waals surface area contributed by atoms with Gasteiger partial charge in [-0.15, -0.1) is 0 Å². The number of rotatable bonds is 7. The molecule has 2 aromatic rings. The minimum atomic E-state index is -0.731. The summed E-state index contributed by atoms with van der Waals surface area (Å²) in [5.74, 6) is -1.45. The van der Waals surface area contributed by atoms with Crippen LogP contribution in [0.25, 0.3) is 0 Å². The Bertz CT molecular complexity index is 863. The first kappa shape index (κ1) is 21.9. The lowest BCUT2D eigenvalue weighted by Gasteiger charge is -2.19. The smallest absolute Gasteiger partial charge is 0.313 e. The van der Waals surface area contributed by atoms with Gasteiger partial charge in [0, 0.05) is 52.0 Å². The van der Waals surface area contributed by atoms with Gasteiger partial charge in [-0.3, -0.25) is 14.4 Å². The lowest BCUT2D eigenvalue weighted by Crippen LogP contribution is -2.35. The molecule has 0 aliphatic rings. The van der Waals surface area contributed by atoms with E-state index in [1.807, 2.05) is 56.3 Å². The molecule has 0 saturated carbocycles. The second kappa shape index (κ2) is 10.3. The van der Waals surface area contributed by atoms with Crippen molar-refractivity contribution in [1.82, 2.24) is 10.2 Å². The van der Waals surface area contributed by atoms with Crippen molar-refractivity contribution < 1.29 is 14.4 Å². The molecule has 0 radical (unpaired) electrons. The molecule has 0 atom stereocenters. The maximum absolute atomic E-state index is 12.2. The van der Waals surface area contributed by atoms with Gasteiger partial charge in [-0.2, -0.15) is 0 Å². The van der Waals surface area contributed by atoms with Crippen molar-refractivity contribution in [3.05, 3.63) is 59.7 Å². The first-order valence-corrected chi connectivity index (χ1v) is 9.50. The SMILES string of the molecule is CCN(Cc1cccc(NC(=O)C(=O)NCc2ccc(N(C)C)cc2)c1)C(C)=O. The van der Waals surface area contributed by atoms with E-state index < -0.39 is 11.8 Å². The maximum Gasteiger partial charge on any atom is 0.313 e. The zero-order valence-electron chi connectivity index (χ0n) is 17.4. The largest absolute Gasteiger partial charge is 0.378 e. The van der Waals surface area contributed by atoms with E-state index in [0.717, 1.165) is 16.8 Å². The summed E-state index contributed by atoms with van der Waals surface area (Å²) >= 11 is 0. The Hall–Kier alpha value is -3.35. The summed E-state index contributed by atoms with van der Waals surface area (Å²) < 4.78 is 0. The zero-order chi connectivity index (χ0) is 21.4. The Morgan fingerprint density at radius 3 is 2.21 bits per heavy atom. The van der Waals surface area contributed by atoms with Gasteiger partial charge < -0.3 is 20.4 Å². The highest BCUT2D eigenvalue weighted by atomic mass is 16.2. The minimum Gasteiger partial charge on any atom is -0.378 e. The van der Waals surface area contributed by atoms with Crippen LogP contribution in [-0.2, 0) is 27.5 Å². The van der Waals surface area contributed by atoms with Crippen LogP contribution in [0.1, 0.15) is 25.0 Å². The third kappa shape index (κ3) is 6.64. The van der Waals surface area contributed by atoms with Crippen molar-refractivity contribution >= 4 is 29.1 Å². The lowest BCUT2D eigenvalue weighted by molar-refractivity contribution is -0.136. The Morgan fingerprint density at radius 1 is 0.931 bits per heavy atom. The number of amides is 3. The molecule has 2 N–H and O–H groups in total. The monoisotopic (exact) mass is 396 g/mol. The fourth-order valence-electron chi connectivity index (χ4n) is 2.78. The molecule has 0 unspecified atom stereocenters. The quantitative estimate of drug-likeness (QED) is 0.704. The van der Waals surface area contributed by atoms with Gasteiger partial charge in [-0.25, -0.2) is 0 Å². The van der Waals surface area contributed by atoms with E-state index in [0.29, 0.717) is 18.8 Å². The Balaban J connectivity index is 1.91. The highest BCUT2D eigenvalue weighted by Gasteiger charge is 2.14. The molecule has 0 bridgehead atoms. The van der Waals surface area contributed by atoms with E-state index in [4.69, 9.17) is 0 Å². The van der Waals surface area contributed by atoms with E-state index in [1.165, 1.54) is 6.92 Å². The number of anilines is 2. The van der Waals surface area contributed by atoms with Crippen molar-refractivity contribution in [3.8, 4) is 0 Å². The maximum atomic E-state index is 12.2. The normalized spacial score (nSPS) is 10.2. The Kier molecular flexibility index (Phi) is 7.77. The first-order valence-electron chi connectivity index (χ1n) is 9.50. The van der Waals surface area contributed by atoms with Gasteiger partial charge >= 0.3 is 11.8 Å². The summed E-state index contributed by atoms with van der Waals surface area (Å²) in [7, 11) is 3.91. The molecule has 0 aliphatic carbocycles. The second-order valence-electron chi connectivity index (χ2n) is 6.93. The van der Waals surface area contributed by atoms with Crippen molar-refractivity contribution in [2.75, 3.05) is 30.9 Å². The average molecular weight is 396 g/mol. The molecule has 2 aromatic carbocycles. The molecule has 29 heavy (non-hydrogen) atoms. The molecule has 7 nitrogen and oxygen atoms in total. The molecule has 0 aliphatic heterocycles. The van der Waals surface area contributed by atoms with Crippen molar-refractivity contribution in [2.24, 2.45) is 0 Å². The van der Waals surface area contributed by atoms with Gasteiger partial charge in [0.2, 0.25) is 5.91 Å². The van der Waals surface area contributed by atoms with Gasteiger partial charge in [0.15, 0.2) is 0 Å². The van der Waals surface area contributed by atoms with E-state index in [-0.39, 0.29) is 12.5 Å². The van der Waals surface area contributed by atoms with Gasteiger partial charge in [0.25, 0.3) is 0 Å². The lowest BCUT2D eigenvalue weighted by atomic mass is 10.2. The molecule has 154 valence electrons. The van der Waals surface area contributed by atoms with Crippen LogP contribution < -0.4 is 15.5 Å². The number of hydrogen-bond acceptors (Lipinski definition) is 4. The van der Waals surface area contributed by atoms with Crippen LogP contribution in [0.5, 0.6) is 0 Å². The van der Waals surface area contributed by atoms with Crippen LogP contribution in [0.2, 0.25) is 0 Å². The standard InChI is InChI=1S/C22H28N4O3/c1-5-26(16(2)27)15-18-7-6-8-19(13-18)24-22(29)21(28)23-14-17-9-11-20(12-10-17)25(3)4/h6-13H,5,14-15H2,1-4H3,(H,23,28)(H,24,29). The van der Waals surface area contributed by atoms with Crippen LogP contribution in [0.3, 0.4) is 0 Å². The minimum absolute atomic E-state index is 0.0140. The highest BCUT2D eigenvalue weighted by Crippen LogP contribution is 2.14. The van der Waals surface area contributed by atoms with E-state index in [2.05, 4.69) is 10.6 Å². The van der Waals surface area contributed by atoms with Gasteiger partial charge in [-0.1, -0.05) is 24.3 Å². The van der Waals surface area contributed by atoms with Gasteiger partial charge in [-0.05, 0) is 42.3 Å². The molecule has 0 fully saturated rings. The number of nitrogens with one attached hydrogen (secondary N) is 2. The molecule has 0 aromatic heterocycles. The summed E-state index contributed by atoms with van der Waals surface area (Å²) in [5.41, 5.74) is 3.35. The molecule has 0 heterocycles. The molecule has 7 heteroatoms. The summed E-state index contributed by atoms with van der Waals surface area (Å²) in [5, 5.41) is 5.22. The summed E-state index contributed by atoms with van der Waals surface area (Å²) in [6.07, 6.45) is 0. The molecule has 3 amide bonds. The third-order valence-electron chi connectivity index (χ3n) is 4.50. The molecular formula is C22H28N4O3. The second-order valence-corrected chi connectivity index (χ2v) is 6.93. The highest BCUT2D eigenvalue weighted by molar-refractivity contribution is 6.39. The van der Waals surface area contributed by atoms with Crippen LogP contribution in [0.4, 0.5) is 11.4 Å². The number of hydrogen-bond donors (Lipinski definition) is 2. The van der Waals surface area contributed by atoms with Crippen molar-refractivity contribution in [1.29, 1.82) is 0 Å². The van der Waals surface area contributed by atoms with Crippen molar-refractivity contribution in [3.63, 3.8) is 0 Å². The Labute approximate surface area is 171 Å². The molecule has 0 spiro atoms. The topological polar surface area (TPSA) is 81.8 Å². The predicted molar refractivity (Wildman–Crippen MR) is 114 cm³/mol. The number of benzene rings is 2. The third-order valence-corrected chi connectivity index (χ3v) is 4.50. The summed E-state index contributed by atoms with van der Waals surface area (Å²) in [6, 6.07) is 14.8.